The van der Waals surface area contributed by atoms with E-state index in [0.717, 1.165) is 5.56 Å². The predicted molar refractivity (Wildman–Crippen MR) is 82.4 cm³/mol. The first-order valence-corrected chi connectivity index (χ1v) is 7.80. The van der Waals surface area contributed by atoms with Gasteiger partial charge in [-0.15, -0.1) is 0 Å². The van der Waals surface area contributed by atoms with E-state index < -0.39 is 9.84 Å². The monoisotopic (exact) mass is 302 g/mol. The highest BCUT2D eigenvalue weighted by atomic mass is 32.2. The third kappa shape index (κ3) is 4.93. The molecule has 0 fully saturated rings. The molecule has 0 N–H and O–H groups in total. The molecule has 0 bridgehead atoms. The van der Waals surface area contributed by atoms with E-state index in [9.17, 15) is 8.42 Å². The van der Waals surface area contributed by atoms with Gasteiger partial charge in [0.25, 0.3) is 0 Å². The molecule has 0 radical (unpaired) electrons. The number of nitriles is 1. The zero-order valence-corrected chi connectivity index (χ0v) is 13.1. The van der Waals surface area contributed by atoms with Crippen molar-refractivity contribution in [1.82, 2.24) is 4.90 Å². The number of benzene rings is 2. The maximum atomic E-state index is 12.1. The third-order valence-electron chi connectivity index (χ3n) is 2.58. The predicted octanol–water partition coefficient (Wildman–Crippen LogP) is 2.86. The Kier molecular flexibility index (Phi) is 5.94. The maximum absolute atomic E-state index is 12.1. The number of rotatable bonds is 2. The van der Waals surface area contributed by atoms with Crippen LogP contribution in [0.25, 0.3) is 0 Å². The molecule has 0 heterocycles. The van der Waals surface area contributed by atoms with Gasteiger partial charge in [0.1, 0.15) is 0 Å². The second kappa shape index (κ2) is 7.46. The molecule has 110 valence electrons. The summed E-state index contributed by atoms with van der Waals surface area (Å²) in [6.07, 6.45) is 1.86. The van der Waals surface area contributed by atoms with Crippen LogP contribution in [0.15, 0.2) is 64.4 Å². The largest absolute Gasteiger partial charge is 0.317 e. The fraction of sp³-hybridized carbons (Fsp3) is 0.188. The minimum Gasteiger partial charge on any atom is -0.317 e. The minimum absolute atomic E-state index is 0.332. The van der Waals surface area contributed by atoms with E-state index in [1.807, 2.05) is 13.1 Å². The van der Waals surface area contributed by atoms with Gasteiger partial charge in [0.05, 0.1) is 9.79 Å². The molecule has 0 aliphatic rings. The van der Waals surface area contributed by atoms with Crippen molar-refractivity contribution >= 4 is 9.84 Å². The van der Waals surface area contributed by atoms with Crippen LogP contribution in [0, 0.1) is 18.4 Å². The summed E-state index contributed by atoms with van der Waals surface area (Å²) in [5.74, 6) is 0. The molecule has 0 saturated heterocycles. The molecule has 2 aromatic carbocycles. The van der Waals surface area contributed by atoms with Crippen LogP contribution in [-0.4, -0.2) is 27.4 Å². The molecule has 0 aliphatic carbocycles. The zero-order valence-electron chi connectivity index (χ0n) is 12.3. The van der Waals surface area contributed by atoms with Crippen molar-refractivity contribution in [2.75, 3.05) is 14.1 Å². The van der Waals surface area contributed by atoms with Crippen LogP contribution in [0.3, 0.4) is 0 Å². The second-order valence-corrected chi connectivity index (χ2v) is 6.57. The van der Waals surface area contributed by atoms with Gasteiger partial charge in [-0.25, -0.2) is 8.42 Å². The maximum Gasteiger partial charge on any atom is 0.206 e. The molecule has 21 heavy (non-hydrogen) atoms. The summed E-state index contributed by atoms with van der Waals surface area (Å²) in [5.41, 5.74) is 1.05. The summed E-state index contributed by atoms with van der Waals surface area (Å²) in [5, 5.41) is 7.82. The van der Waals surface area contributed by atoms with Crippen LogP contribution in [0.4, 0.5) is 0 Å². The van der Waals surface area contributed by atoms with Crippen LogP contribution in [-0.2, 0) is 9.84 Å². The molecule has 0 unspecified atom stereocenters. The number of aryl methyl sites for hydroxylation is 1. The Hall–Kier alpha value is -2.32. The quantitative estimate of drug-likeness (QED) is 0.632. The second-order valence-electron chi connectivity index (χ2n) is 4.62. The van der Waals surface area contributed by atoms with Crippen LogP contribution in [0.2, 0.25) is 0 Å². The Morgan fingerprint density at radius 1 is 0.905 bits per heavy atom. The molecule has 0 saturated carbocycles. The first-order valence-electron chi connectivity index (χ1n) is 6.32. The summed E-state index contributed by atoms with van der Waals surface area (Å²) in [7, 11) is 0.0331. The van der Waals surface area contributed by atoms with Gasteiger partial charge in [-0.05, 0) is 31.2 Å². The van der Waals surface area contributed by atoms with E-state index in [1.54, 1.807) is 68.7 Å². The third-order valence-corrected chi connectivity index (χ3v) is 4.37. The number of sulfone groups is 1. The van der Waals surface area contributed by atoms with Gasteiger partial charge in [-0.2, -0.15) is 5.26 Å². The Labute approximate surface area is 126 Å². The van der Waals surface area contributed by atoms with E-state index in [0.29, 0.717) is 9.79 Å². The van der Waals surface area contributed by atoms with Gasteiger partial charge in [-0.3, -0.25) is 0 Å². The molecule has 0 aromatic heterocycles. The summed E-state index contributed by atoms with van der Waals surface area (Å²) < 4.78 is 24.3. The van der Waals surface area contributed by atoms with Crippen molar-refractivity contribution in [1.29, 1.82) is 5.26 Å². The molecular formula is C16H18N2O2S. The van der Waals surface area contributed by atoms with Crippen LogP contribution < -0.4 is 0 Å². The highest BCUT2D eigenvalue weighted by Crippen LogP contribution is 2.20. The van der Waals surface area contributed by atoms with Gasteiger partial charge in [-0.1, -0.05) is 35.9 Å². The van der Waals surface area contributed by atoms with Gasteiger partial charge in [0, 0.05) is 14.1 Å². The van der Waals surface area contributed by atoms with Crippen molar-refractivity contribution in [2.45, 2.75) is 16.7 Å². The van der Waals surface area contributed by atoms with Crippen LogP contribution in [0.5, 0.6) is 0 Å². The van der Waals surface area contributed by atoms with Gasteiger partial charge >= 0.3 is 0 Å². The topological polar surface area (TPSA) is 61.2 Å². The molecule has 0 spiro atoms. The van der Waals surface area contributed by atoms with E-state index in [-0.39, 0.29) is 0 Å². The first-order chi connectivity index (χ1) is 9.87. The summed E-state index contributed by atoms with van der Waals surface area (Å²) in [6, 6.07) is 15.3. The van der Waals surface area contributed by atoms with Gasteiger partial charge in [0.2, 0.25) is 9.84 Å². The average molecular weight is 302 g/mol. The molecule has 2 rings (SSSR count). The number of nitrogens with zero attached hydrogens (tertiary/aromatic N) is 2. The molecule has 0 aliphatic heterocycles. The fourth-order valence-electron chi connectivity index (χ4n) is 1.45. The lowest BCUT2D eigenvalue weighted by atomic mass is 10.2. The standard InChI is InChI=1S/C13H12O2S.C3H6N2/c1-11-7-9-13(10-8-11)16(14,15)12-5-3-2-4-6-12;1-5(2)3-4/h2-10H,1H3;1-2H3. The lowest BCUT2D eigenvalue weighted by molar-refractivity contribution is 0.585. The van der Waals surface area contributed by atoms with Crippen LogP contribution >= 0.6 is 0 Å². The molecule has 0 atom stereocenters. The van der Waals surface area contributed by atoms with E-state index >= 15 is 0 Å². The number of hydrogen-bond acceptors (Lipinski definition) is 4. The zero-order chi connectivity index (χ0) is 15.9. The van der Waals surface area contributed by atoms with E-state index in [4.69, 9.17) is 5.26 Å². The van der Waals surface area contributed by atoms with Gasteiger partial charge in [0.15, 0.2) is 6.19 Å². The highest BCUT2D eigenvalue weighted by Gasteiger charge is 2.16. The summed E-state index contributed by atoms with van der Waals surface area (Å²) in [6.45, 7) is 1.93. The van der Waals surface area contributed by atoms with Crippen molar-refractivity contribution in [3.05, 3.63) is 60.2 Å². The average Bonchev–Trinajstić information content (AvgIpc) is 2.49. The van der Waals surface area contributed by atoms with Crippen molar-refractivity contribution in [3.8, 4) is 6.19 Å². The van der Waals surface area contributed by atoms with Crippen molar-refractivity contribution < 1.29 is 8.42 Å². The lowest BCUT2D eigenvalue weighted by Crippen LogP contribution is -2.01. The fourth-order valence-corrected chi connectivity index (χ4v) is 2.74. The molecule has 0 amide bonds. The summed E-state index contributed by atoms with van der Waals surface area (Å²) in [4.78, 5) is 2.10. The minimum atomic E-state index is -3.36. The molecule has 5 heteroatoms. The van der Waals surface area contributed by atoms with Crippen molar-refractivity contribution in [2.24, 2.45) is 0 Å². The smallest absolute Gasteiger partial charge is 0.206 e. The Bertz CT molecular complexity index is 700. The Balaban J connectivity index is 0.000000383. The highest BCUT2D eigenvalue weighted by molar-refractivity contribution is 7.91. The molecule has 2 aromatic rings. The number of hydrogen-bond donors (Lipinski definition) is 0. The van der Waals surface area contributed by atoms with E-state index in [1.165, 1.54) is 4.90 Å². The SMILES string of the molecule is CN(C)C#N.Cc1ccc(S(=O)(=O)c2ccccc2)cc1. The van der Waals surface area contributed by atoms with E-state index in [2.05, 4.69) is 0 Å². The molecule has 4 nitrogen and oxygen atoms in total. The van der Waals surface area contributed by atoms with Gasteiger partial charge < -0.3 is 4.90 Å². The van der Waals surface area contributed by atoms with Crippen LogP contribution in [0.1, 0.15) is 5.56 Å². The normalized spacial score (nSPS) is 10.0. The molecular weight excluding hydrogens is 284 g/mol. The van der Waals surface area contributed by atoms with Crippen molar-refractivity contribution in [3.63, 3.8) is 0 Å². The Morgan fingerprint density at radius 2 is 1.33 bits per heavy atom. The lowest BCUT2D eigenvalue weighted by Gasteiger charge is -2.04. The summed E-state index contributed by atoms with van der Waals surface area (Å²) >= 11 is 0. The Morgan fingerprint density at radius 3 is 1.76 bits per heavy atom. The first kappa shape index (κ1) is 16.7.